The number of benzene rings is 2. The van der Waals surface area contributed by atoms with Crippen LogP contribution in [0, 0.1) is 5.92 Å². The van der Waals surface area contributed by atoms with Crippen molar-refractivity contribution in [1.29, 1.82) is 0 Å². The van der Waals surface area contributed by atoms with Crippen LogP contribution in [0.5, 0.6) is 0 Å². The molecule has 0 bridgehead atoms. The molecule has 28 heavy (non-hydrogen) atoms. The maximum Gasteiger partial charge on any atom is 0.416 e. The number of amides is 1. The van der Waals surface area contributed by atoms with E-state index in [-0.39, 0.29) is 11.8 Å². The molecule has 0 radical (unpaired) electrons. The van der Waals surface area contributed by atoms with Crippen molar-refractivity contribution < 1.29 is 22.9 Å². The topological polar surface area (TPSA) is 24.8 Å². The van der Waals surface area contributed by atoms with Crippen LogP contribution in [-0.2, 0) is 24.1 Å². The van der Waals surface area contributed by atoms with Gasteiger partial charge in [-0.2, -0.15) is 13.2 Å². The van der Waals surface area contributed by atoms with E-state index in [1.54, 1.807) is 24.1 Å². The summed E-state index contributed by atoms with van der Waals surface area (Å²) in [6, 6.07) is 15.5. The van der Waals surface area contributed by atoms with Crippen LogP contribution in [0.15, 0.2) is 54.6 Å². The molecule has 3 nitrogen and oxygen atoms in total. The fourth-order valence-corrected chi connectivity index (χ4v) is 3.99. The van der Waals surface area contributed by atoms with E-state index in [0.29, 0.717) is 25.2 Å². The van der Waals surface area contributed by atoms with Crippen LogP contribution >= 0.6 is 0 Å². The van der Waals surface area contributed by atoms with Gasteiger partial charge in [0.1, 0.15) is 6.54 Å². The number of hydrogen-bond donors (Lipinski definition) is 1. The maximum absolute atomic E-state index is 13.3. The smallest absolute Gasteiger partial charge is 0.341 e. The molecule has 6 heteroatoms. The molecular weight excluding hydrogens is 365 g/mol. The fourth-order valence-electron chi connectivity index (χ4n) is 3.99. The van der Waals surface area contributed by atoms with Gasteiger partial charge in [-0.3, -0.25) is 4.79 Å². The number of carbonyl (C=O) groups excluding carboxylic acids is 1. The first-order valence-corrected chi connectivity index (χ1v) is 9.62. The van der Waals surface area contributed by atoms with Crippen LogP contribution in [0.1, 0.15) is 29.5 Å². The fraction of sp³-hybridized carbons (Fsp3) is 0.409. The Morgan fingerprint density at radius 3 is 2.50 bits per heavy atom. The zero-order chi connectivity index (χ0) is 20.1. The van der Waals surface area contributed by atoms with Gasteiger partial charge in [-0.1, -0.05) is 48.5 Å². The largest absolute Gasteiger partial charge is 0.416 e. The van der Waals surface area contributed by atoms with Crippen molar-refractivity contribution in [3.63, 3.8) is 0 Å². The molecule has 1 aliphatic heterocycles. The summed E-state index contributed by atoms with van der Waals surface area (Å²) in [6.45, 7) is 2.20. The van der Waals surface area contributed by atoms with Gasteiger partial charge in [-0.25, -0.2) is 0 Å². The van der Waals surface area contributed by atoms with Crippen molar-refractivity contribution in [2.45, 2.75) is 32.1 Å². The van der Waals surface area contributed by atoms with E-state index in [2.05, 4.69) is 0 Å². The highest BCUT2D eigenvalue weighted by Gasteiger charge is 2.35. The second kappa shape index (κ2) is 8.78. The van der Waals surface area contributed by atoms with Crippen molar-refractivity contribution in [2.24, 2.45) is 5.92 Å². The van der Waals surface area contributed by atoms with Gasteiger partial charge in [-0.15, -0.1) is 0 Å². The number of halogens is 3. The quantitative estimate of drug-likeness (QED) is 0.832. The molecule has 0 saturated carbocycles. The highest BCUT2D eigenvalue weighted by molar-refractivity contribution is 5.78. The molecule has 1 amide bonds. The first-order chi connectivity index (χ1) is 13.3. The van der Waals surface area contributed by atoms with E-state index in [0.717, 1.165) is 35.9 Å². The van der Waals surface area contributed by atoms with Crippen molar-refractivity contribution in [1.82, 2.24) is 4.90 Å². The number of piperidine rings is 1. The standard InChI is InChI=1S/C22H25F3N2O/c1-26(14-17-8-3-2-4-9-17)21(28)19-11-7-13-27(16-19)15-18-10-5-6-12-20(18)22(23,24)25/h2-6,8-10,12,19H,7,11,13-16H2,1H3/p+1/t19-/m1/s1. The number of nitrogens with one attached hydrogen (secondary N) is 1. The first kappa shape index (κ1) is 20.4. The third kappa shape index (κ3) is 5.13. The van der Waals surface area contributed by atoms with E-state index < -0.39 is 11.7 Å². The molecule has 0 aromatic heterocycles. The highest BCUT2D eigenvalue weighted by Crippen LogP contribution is 2.31. The second-order valence-corrected chi connectivity index (χ2v) is 7.55. The van der Waals surface area contributed by atoms with Crippen LogP contribution < -0.4 is 4.90 Å². The highest BCUT2D eigenvalue weighted by atomic mass is 19.4. The normalized spacial score (nSPS) is 20.0. The van der Waals surface area contributed by atoms with Gasteiger partial charge in [0.25, 0.3) is 0 Å². The molecule has 1 unspecified atom stereocenters. The zero-order valence-electron chi connectivity index (χ0n) is 16.0. The summed E-state index contributed by atoms with van der Waals surface area (Å²) in [7, 11) is 1.79. The Morgan fingerprint density at radius 2 is 1.79 bits per heavy atom. The lowest BCUT2D eigenvalue weighted by Gasteiger charge is -2.32. The minimum atomic E-state index is -4.35. The molecule has 2 aromatic carbocycles. The average Bonchev–Trinajstić information content (AvgIpc) is 2.68. The maximum atomic E-state index is 13.3. The summed E-state index contributed by atoms with van der Waals surface area (Å²) in [6.07, 6.45) is -2.71. The number of likely N-dealkylation sites (tertiary alicyclic amines) is 1. The predicted molar refractivity (Wildman–Crippen MR) is 101 cm³/mol. The first-order valence-electron chi connectivity index (χ1n) is 9.62. The minimum absolute atomic E-state index is 0.0742. The molecule has 1 heterocycles. The van der Waals surface area contributed by atoms with E-state index in [9.17, 15) is 18.0 Å². The van der Waals surface area contributed by atoms with Crippen molar-refractivity contribution in [3.05, 3.63) is 71.3 Å². The van der Waals surface area contributed by atoms with Gasteiger partial charge in [-0.05, 0) is 24.5 Å². The molecule has 0 aliphatic carbocycles. The Bertz CT molecular complexity index is 792. The van der Waals surface area contributed by atoms with Gasteiger partial charge < -0.3 is 9.80 Å². The molecule has 2 aromatic rings. The lowest BCUT2D eigenvalue weighted by Crippen LogP contribution is -3.12. The Balaban J connectivity index is 1.64. The van der Waals surface area contributed by atoms with Crippen LogP contribution in [0.3, 0.4) is 0 Å². The zero-order valence-corrected chi connectivity index (χ0v) is 16.0. The Hall–Kier alpha value is -2.34. The molecule has 150 valence electrons. The van der Waals surface area contributed by atoms with Crippen molar-refractivity contribution in [2.75, 3.05) is 20.1 Å². The Morgan fingerprint density at radius 1 is 1.11 bits per heavy atom. The molecule has 1 fully saturated rings. The van der Waals surface area contributed by atoms with Gasteiger partial charge in [0.15, 0.2) is 0 Å². The van der Waals surface area contributed by atoms with Crippen LogP contribution in [0.25, 0.3) is 0 Å². The number of alkyl halides is 3. The Kier molecular flexibility index (Phi) is 6.39. The monoisotopic (exact) mass is 391 g/mol. The summed E-state index contributed by atoms with van der Waals surface area (Å²) in [5.41, 5.74) is 0.797. The molecule has 1 N–H and O–H groups in total. The molecule has 3 rings (SSSR count). The number of nitrogens with zero attached hydrogens (tertiary/aromatic N) is 1. The number of carbonyl (C=O) groups is 1. The lowest BCUT2D eigenvalue weighted by atomic mass is 9.95. The van der Waals surface area contributed by atoms with E-state index in [1.807, 2.05) is 30.3 Å². The van der Waals surface area contributed by atoms with Crippen LogP contribution in [0.2, 0.25) is 0 Å². The SMILES string of the molecule is CN(Cc1ccccc1)C(=O)[C@@H]1CCC[NH+](Cc2ccccc2C(F)(F)F)C1. The second-order valence-electron chi connectivity index (χ2n) is 7.55. The number of hydrogen-bond acceptors (Lipinski definition) is 1. The minimum Gasteiger partial charge on any atom is -0.341 e. The van der Waals surface area contributed by atoms with Crippen LogP contribution in [0.4, 0.5) is 13.2 Å². The summed E-state index contributed by atoms with van der Waals surface area (Å²) in [4.78, 5) is 15.6. The van der Waals surface area contributed by atoms with Crippen molar-refractivity contribution >= 4 is 5.91 Å². The summed E-state index contributed by atoms with van der Waals surface area (Å²) >= 11 is 0. The predicted octanol–water partition coefficient (Wildman–Crippen LogP) is 3.16. The number of rotatable bonds is 5. The van der Waals surface area contributed by atoms with Gasteiger partial charge in [0.2, 0.25) is 5.91 Å². The van der Waals surface area contributed by atoms with E-state index >= 15 is 0 Å². The molecule has 1 aliphatic rings. The third-order valence-corrected chi connectivity index (χ3v) is 5.37. The molecule has 0 spiro atoms. The van der Waals surface area contributed by atoms with Crippen molar-refractivity contribution in [3.8, 4) is 0 Å². The van der Waals surface area contributed by atoms with Crippen LogP contribution in [-0.4, -0.2) is 30.9 Å². The molecule has 2 atom stereocenters. The van der Waals surface area contributed by atoms with Gasteiger partial charge in [0.05, 0.1) is 24.6 Å². The number of quaternary nitrogens is 1. The summed E-state index contributed by atoms with van der Waals surface area (Å²) < 4.78 is 39.8. The molecular formula is C22H26F3N2O+. The van der Waals surface area contributed by atoms with Gasteiger partial charge in [0, 0.05) is 19.2 Å². The van der Waals surface area contributed by atoms with E-state index in [4.69, 9.17) is 0 Å². The van der Waals surface area contributed by atoms with Gasteiger partial charge >= 0.3 is 6.18 Å². The van der Waals surface area contributed by atoms with E-state index in [1.165, 1.54) is 6.07 Å². The third-order valence-electron chi connectivity index (χ3n) is 5.37. The average molecular weight is 391 g/mol. The lowest BCUT2D eigenvalue weighted by molar-refractivity contribution is -0.921. The Labute approximate surface area is 163 Å². The summed E-state index contributed by atoms with van der Waals surface area (Å²) in [5.74, 6) is -0.0688. The summed E-state index contributed by atoms with van der Waals surface area (Å²) in [5, 5.41) is 0. The molecule has 1 saturated heterocycles.